The zero-order valence-electron chi connectivity index (χ0n) is 15.6. The van der Waals surface area contributed by atoms with E-state index in [0.29, 0.717) is 12.5 Å². The highest BCUT2D eigenvalue weighted by Crippen LogP contribution is 2.28. The minimum atomic E-state index is 0.599. The van der Waals surface area contributed by atoms with Crippen LogP contribution in [0.1, 0.15) is 22.4 Å². The smallest absolute Gasteiger partial charge is 0.225 e. The van der Waals surface area contributed by atoms with Crippen LogP contribution in [0.3, 0.4) is 0 Å². The number of aryl methyl sites for hydroxylation is 3. The predicted molar refractivity (Wildman–Crippen MR) is 106 cm³/mol. The van der Waals surface area contributed by atoms with Crippen molar-refractivity contribution >= 4 is 17.5 Å². The van der Waals surface area contributed by atoms with Crippen molar-refractivity contribution in [3.63, 3.8) is 0 Å². The van der Waals surface area contributed by atoms with Gasteiger partial charge in [-0.25, -0.2) is 4.98 Å². The number of nitrogens with zero attached hydrogens (tertiary/aromatic N) is 2. The summed E-state index contributed by atoms with van der Waals surface area (Å²) in [6, 6.07) is 16.2. The summed E-state index contributed by atoms with van der Waals surface area (Å²) in [7, 11) is 1.66. The molecule has 0 saturated carbocycles. The highest BCUT2D eigenvalue weighted by Gasteiger charge is 2.07. The summed E-state index contributed by atoms with van der Waals surface area (Å²) in [5.74, 6) is 2.11. The average molecular weight is 348 g/mol. The molecule has 0 aliphatic rings. The molecule has 3 rings (SSSR count). The molecule has 0 spiro atoms. The van der Waals surface area contributed by atoms with Crippen molar-refractivity contribution in [2.45, 2.75) is 27.3 Å². The van der Waals surface area contributed by atoms with Crippen LogP contribution in [0.25, 0.3) is 0 Å². The topological polar surface area (TPSA) is 59.1 Å². The lowest BCUT2D eigenvalue weighted by Crippen LogP contribution is -2.07. The van der Waals surface area contributed by atoms with Crippen molar-refractivity contribution in [3.05, 3.63) is 70.9 Å². The van der Waals surface area contributed by atoms with Crippen molar-refractivity contribution in [2.24, 2.45) is 0 Å². The lowest BCUT2D eigenvalue weighted by atomic mass is 10.1. The maximum atomic E-state index is 5.43. The second-order valence-electron chi connectivity index (χ2n) is 6.33. The number of anilines is 3. The first-order valence-electron chi connectivity index (χ1n) is 8.61. The van der Waals surface area contributed by atoms with Gasteiger partial charge >= 0.3 is 0 Å². The van der Waals surface area contributed by atoms with Gasteiger partial charge in [-0.3, -0.25) is 0 Å². The van der Waals surface area contributed by atoms with Crippen molar-refractivity contribution in [1.82, 2.24) is 9.97 Å². The molecule has 0 fully saturated rings. The zero-order chi connectivity index (χ0) is 18.5. The number of rotatable bonds is 6. The quantitative estimate of drug-likeness (QED) is 0.672. The highest BCUT2D eigenvalue weighted by atomic mass is 16.5. The minimum Gasteiger partial charge on any atom is -0.495 e. The van der Waals surface area contributed by atoms with Crippen molar-refractivity contribution in [1.29, 1.82) is 0 Å². The Morgan fingerprint density at radius 1 is 0.962 bits per heavy atom. The average Bonchev–Trinajstić information content (AvgIpc) is 2.61. The van der Waals surface area contributed by atoms with Gasteiger partial charge in [-0.1, -0.05) is 30.3 Å². The van der Waals surface area contributed by atoms with Crippen molar-refractivity contribution in [2.75, 3.05) is 17.7 Å². The number of benzene rings is 2. The Hall–Kier alpha value is -3.08. The third-order valence-electron chi connectivity index (χ3n) is 4.17. The molecule has 5 nitrogen and oxygen atoms in total. The van der Waals surface area contributed by atoms with Gasteiger partial charge in [0.15, 0.2) is 0 Å². The van der Waals surface area contributed by atoms with E-state index in [2.05, 4.69) is 39.7 Å². The fraction of sp³-hybridized carbons (Fsp3) is 0.238. The number of methoxy groups -OCH3 is 1. The maximum absolute atomic E-state index is 5.43. The number of hydrogen-bond acceptors (Lipinski definition) is 5. The van der Waals surface area contributed by atoms with E-state index in [1.54, 1.807) is 7.11 Å². The molecule has 0 radical (unpaired) electrons. The van der Waals surface area contributed by atoms with Gasteiger partial charge in [0.1, 0.15) is 11.6 Å². The number of ether oxygens (including phenoxy) is 1. The van der Waals surface area contributed by atoms with Crippen LogP contribution >= 0.6 is 0 Å². The molecule has 0 aliphatic heterocycles. The van der Waals surface area contributed by atoms with E-state index >= 15 is 0 Å². The van der Waals surface area contributed by atoms with E-state index < -0.39 is 0 Å². The molecule has 0 atom stereocenters. The first-order valence-corrected chi connectivity index (χ1v) is 8.61. The second-order valence-corrected chi connectivity index (χ2v) is 6.33. The van der Waals surface area contributed by atoms with Gasteiger partial charge in [-0.2, -0.15) is 4.98 Å². The molecule has 0 aliphatic carbocycles. The van der Waals surface area contributed by atoms with E-state index in [-0.39, 0.29) is 0 Å². The van der Waals surface area contributed by atoms with E-state index in [4.69, 9.17) is 4.74 Å². The molecule has 0 amide bonds. The minimum absolute atomic E-state index is 0.599. The number of aromatic nitrogens is 2. The van der Waals surface area contributed by atoms with Gasteiger partial charge in [0.2, 0.25) is 5.95 Å². The third-order valence-corrected chi connectivity index (χ3v) is 4.17. The lowest BCUT2D eigenvalue weighted by Gasteiger charge is -2.13. The largest absolute Gasteiger partial charge is 0.495 e. The van der Waals surface area contributed by atoms with Gasteiger partial charge in [0, 0.05) is 18.3 Å². The molecule has 1 aromatic heterocycles. The zero-order valence-corrected chi connectivity index (χ0v) is 15.6. The highest BCUT2D eigenvalue weighted by molar-refractivity contribution is 5.65. The Morgan fingerprint density at radius 3 is 2.54 bits per heavy atom. The Bertz CT molecular complexity index is 908. The summed E-state index contributed by atoms with van der Waals surface area (Å²) in [6.45, 7) is 6.79. The first-order chi connectivity index (χ1) is 12.5. The van der Waals surface area contributed by atoms with Crippen LogP contribution in [0.2, 0.25) is 0 Å². The molecular weight excluding hydrogens is 324 g/mol. The molecule has 0 bridgehead atoms. The second kappa shape index (κ2) is 7.87. The Kier molecular flexibility index (Phi) is 5.37. The molecule has 2 N–H and O–H groups in total. The van der Waals surface area contributed by atoms with Crippen LogP contribution in [0, 0.1) is 20.8 Å². The normalized spacial score (nSPS) is 10.5. The summed E-state index contributed by atoms with van der Waals surface area (Å²) in [5, 5.41) is 6.65. The van der Waals surface area contributed by atoms with Crippen LogP contribution in [0.4, 0.5) is 17.5 Å². The Morgan fingerprint density at radius 2 is 1.77 bits per heavy atom. The van der Waals surface area contributed by atoms with Crippen LogP contribution in [0.15, 0.2) is 48.5 Å². The monoisotopic (exact) mass is 348 g/mol. The van der Waals surface area contributed by atoms with Gasteiger partial charge < -0.3 is 15.4 Å². The summed E-state index contributed by atoms with van der Waals surface area (Å²) in [5.41, 5.74) is 5.40. The van der Waals surface area contributed by atoms with Crippen LogP contribution < -0.4 is 15.4 Å². The van der Waals surface area contributed by atoms with Crippen LogP contribution in [0.5, 0.6) is 5.75 Å². The summed E-state index contributed by atoms with van der Waals surface area (Å²) in [4.78, 5) is 9.08. The van der Waals surface area contributed by atoms with E-state index in [9.17, 15) is 0 Å². The SMILES string of the molecule is COc1ccc(C)cc1Nc1cc(C)nc(NCc2ccccc2C)n1. The number of nitrogens with one attached hydrogen (secondary N) is 2. The summed E-state index contributed by atoms with van der Waals surface area (Å²) >= 11 is 0. The van der Waals surface area contributed by atoms with E-state index in [1.807, 2.05) is 50.2 Å². The molecular formula is C21H24N4O. The molecule has 3 aromatic rings. The van der Waals surface area contributed by atoms with Gasteiger partial charge in [0.25, 0.3) is 0 Å². The molecule has 134 valence electrons. The van der Waals surface area contributed by atoms with Gasteiger partial charge in [-0.15, -0.1) is 0 Å². The van der Waals surface area contributed by atoms with Gasteiger partial charge in [0.05, 0.1) is 12.8 Å². The fourth-order valence-electron chi connectivity index (χ4n) is 2.75. The first kappa shape index (κ1) is 17.7. The maximum Gasteiger partial charge on any atom is 0.225 e. The lowest BCUT2D eigenvalue weighted by molar-refractivity contribution is 0.416. The number of hydrogen-bond donors (Lipinski definition) is 2. The Balaban J connectivity index is 1.80. The Labute approximate surface area is 154 Å². The predicted octanol–water partition coefficient (Wildman–Crippen LogP) is 4.77. The van der Waals surface area contributed by atoms with Crippen molar-refractivity contribution in [3.8, 4) is 5.75 Å². The van der Waals surface area contributed by atoms with Gasteiger partial charge in [-0.05, 0) is 49.6 Å². The standard InChI is InChI=1S/C21H24N4O/c1-14-9-10-19(26-4)18(11-14)24-20-12-16(3)23-21(25-20)22-13-17-8-6-5-7-15(17)2/h5-12H,13H2,1-4H3,(H2,22,23,24,25). The third kappa shape index (κ3) is 4.30. The summed E-state index contributed by atoms with van der Waals surface area (Å²) < 4.78 is 5.43. The van der Waals surface area contributed by atoms with Crippen LogP contribution in [-0.4, -0.2) is 17.1 Å². The van der Waals surface area contributed by atoms with E-state index in [1.165, 1.54) is 11.1 Å². The molecule has 0 saturated heterocycles. The molecule has 2 aromatic carbocycles. The van der Waals surface area contributed by atoms with Crippen molar-refractivity contribution < 1.29 is 4.74 Å². The molecule has 0 unspecified atom stereocenters. The fourth-order valence-corrected chi connectivity index (χ4v) is 2.75. The molecule has 1 heterocycles. The molecule has 26 heavy (non-hydrogen) atoms. The van der Waals surface area contributed by atoms with E-state index in [0.717, 1.165) is 28.5 Å². The molecule has 5 heteroatoms. The van der Waals surface area contributed by atoms with Crippen LogP contribution in [-0.2, 0) is 6.54 Å². The summed E-state index contributed by atoms with van der Waals surface area (Å²) in [6.07, 6.45) is 0.